The fraction of sp³-hybridized carbons (Fsp3) is 0.231. The molecule has 5 heteroatoms. The van der Waals surface area contributed by atoms with E-state index in [1.165, 1.54) is 23.5 Å². The quantitative estimate of drug-likeness (QED) is 0.853. The Morgan fingerprint density at radius 2 is 2.00 bits per heavy atom. The van der Waals surface area contributed by atoms with Crippen LogP contribution in [0.5, 0.6) is 0 Å². The number of likely N-dealkylation sites (N-methyl/N-ethyl adjacent to an activating group) is 1. The molecule has 0 radical (unpaired) electrons. The summed E-state index contributed by atoms with van der Waals surface area (Å²) in [4.78, 5) is 17.5. The second kappa shape index (κ2) is 5.27. The molecule has 18 heavy (non-hydrogen) atoms. The van der Waals surface area contributed by atoms with Gasteiger partial charge in [0.05, 0.1) is 12.1 Å². The zero-order valence-electron chi connectivity index (χ0n) is 10.2. The first-order chi connectivity index (χ1) is 8.56. The summed E-state index contributed by atoms with van der Waals surface area (Å²) in [6, 6.07) is 6.17. The average Bonchev–Trinajstić information content (AvgIpc) is 2.78. The summed E-state index contributed by atoms with van der Waals surface area (Å²) >= 11 is 1.44. The maximum Gasteiger partial charge on any atom is 0.228 e. The van der Waals surface area contributed by atoms with Gasteiger partial charge in [0.2, 0.25) is 5.91 Å². The number of nitrogens with zero attached hydrogens (tertiary/aromatic N) is 2. The Labute approximate surface area is 109 Å². The zero-order valence-corrected chi connectivity index (χ0v) is 11.0. The van der Waals surface area contributed by atoms with Crippen molar-refractivity contribution in [2.45, 2.75) is 6.42 Å². The van der Waals surface area contributed by atoms with Gasteiger partial charge in [-0.15, -0.1) is 11.3 Å². The van der Waals surface area contributed by atoms with Gasteiger partial charge in [0.1, 0.15) is 10.8 Å². The lowest BCUT2D eigenvalue weighted by Crippen LogP contribution is -2.23. The fourth-order valence-electron chi connectivity index (χ4n) is 1.43. The highest BCUT2D eigenvalue weighted by Crippen LogP contribution is 2.22. The molecule has 0 spiro atoms. The van der Waals surface area contributed by atoms with Crippen LogP contribution in [0.4, 0.5) is 4.39 Å². The number of carbonyl (C=O) groups is 1. The summed E-state index contributed by atoms with van der Waals surface area (Å²) < 4.78 is 12.8. The third-order valence-electron chi connectivity index (χ3n) is 2.49. The van der Waals surface area contributed by atoms with Crippen molar-refractivity contribution in [2.75, 3.05) is 14.1 Å². The predicted molar refractivity (Wildman–Crippen MR) is 69.9 cm³/mol. The van der Waals surface area contributed by atoms with Crippen LogP contribution < -0.4 is 0 Å². The van der Waals surface area contributed by atoms with E-state index in [4.69, 9.17) is 0 Å². The highest BCUT2D eigenvalue weighted by molar-refractivity contribution is 7.10. The van der Waals surface area contributed by atoms with E-state index in [1.807, 2.05) is 5.38 Å². The first-order valence-electron chi connectivity index (χ1n) is 5.47. The van der Waals surface area contributed by atoms with Crippen LogP contribution in [0.2, 0.25) is 0 Å². The molecule has 1 aromatic heterocycles. The van der Waals surface area contributed by atoms with E-state index in [9.17, 15) is 9.18 Å². The van der Waals surface area contributed by atoms with Crippen LogP contribution in [0.3, 0.4) is 0 Å². The second-order valence-corrected chi connectivity index (χ2v) is 5.04. The standard InChI is InChI=1S/C13H13FN2OS/c1-16(2)13(17)7-12-15-11(8-18-12)9-3-5-10(14)6-4-9/h3-6,8H,7H2,1-2H3. The van der Waals surface area contributed by atoms with Gasteiger partial charge in [0.25, 0.3) is 0 Å². The Bertz CT molecular complexity index is 548. The number of thiazole rings is 1. The van der Waals surface area contributed by atoms with Gasteiger partial charge in [0, 0.05) is 25.0 Å². The highest BCUT2D eigenvalue weighted by Gasteiger charge is 2.10. The number of hydrogen-bond donors (Lipinski definition) is 0. The van der Waals surface area contributed by atoms with Crippen molar-refractivity contribution in [3.63, 3.8) is 0 Å². The molecular weight excluding hydrogens is 251 g/mol. The van der Waals surface area contributed by atoms with Crippen LogP contribution >= 0.6 is 11.3 Å². The molecule has 0 aliphatic rings. The highest BCUT2D eigenvalue weighted by atomic mass is 32.1. The molecule has 0 bridgehead atoms. The summed E-state index contributed by atoms with van der Waals surface area (Å²) in [5.74, 6) is -0.244. The van der Waals surface area contributed by atoms with Crippen LogP contribution in [0.15, 0.2) is 29.6 Å². The van der Waals surface area contributed by atoms with Gasteiger partial charge in [-0.3, -0.25) is 4.79 Å². The SMILES string of the molecule is CN(C)C(=O)Cc1nc(-c2ccc(F)cc2)cs1. The van der Waals surface area contributed by atoms with Gasteiger partial charge in [-0.1, -0.05) is 0 Å². The second-order valence-electron chi connectivity index (χ2n) is 4.10. The van der Waals surface area contributed by atoms with E-state index in [-0.39, 0.29) is 11.7 Å². The fourth-order valence-corrected chi connectivity index (χ4v) is 2.23. The number of halogens is 1. The minimum atomic E-state index is -0.267. The molecule has 2 rings (SSSR count). The van der Waals surface area contributed by atoms with E-state index in [1.54, 1.807) is 31.1 Å². The van der Waals surface area contributed by atoms with E-state index in [0.29, 0.717) is 6.42 Å². The largest absolute Gasteiger partial charge is 0.348 e. The first kappa shape index (κ1) is 12.7. The molecule has 0 N–H and O–H groups in total. The maximum atomic E-state index is 12.8. The van der Waals surface area contributed by atoms with Gasteiger partial charge in [-0.2, -0.15) is 0 Å². The van der Waals surface area contributed by atoms with Crippen LogP contribution in [0.1, 0.15) is 5.01 Å². The molecule has 1 aromatic carbocycles. The predicted octanol–water partition coefficient (Wildman–Crippen LogP) is 2.58. The normalized spacial score (nSPS) is 10.4. The molecule has 0 atom stereocenters. The van der Waals surface area contributed by atoms with Crippen molar-refractivity contribution < 1.29 is 9.18 Å². The van der Waals surface area contributed by atoms with E-state index < -0.39 is 0 Å². The molecule has 0 aliphatic carbocycles. The Balaban J connectivity index is 2.15. The monoisotopic (exact) mass is 264 g/mol. The molecule has 0 saturated heterocycles. The Morgan fingerprint density at radius 1 is 1.33 bits per heavy atom. The third-order valence-corrected chi connectivity index (χ3v) is 3.34. The van der Waals surface area contributed by atoms with Crippen LogP contribution in [0.25, 0.3) is 11.3 Å². The van der Waals surface area contributed by atoms with Gasteiger partial charge in [-0.05, 0) is 24.3 Å². The van der Waals surface area contributed by atoms with Crippen molar-refractivity contribution in [1.82, 2.24) is 9.88 Å². The summed E-state index contributed by atoms with van der Waals surface area (Å²) in [5, 5.41) is 2.65. The van der Waals surface area contributed by atoms with Gasteiger partial charge in [0.15, 0.2) is 0 Å². The van der Waals surface area contributed by atoms with Crippen molar-refractivity contribution in [2.24, 2.45) is 0 Å². The Kier molecular flexibility index (Phi) is 3.72. The van der Waals surface area contributed by atoms with E-state index in [0.717, 1.165) is 16.3 Å². The minimum Gasteiger partial charge on any atom is -0.348 e. The van der Waals surface area contributed by atoms with Crippen LogP contribution in [-0.4, -0.2) is 29.9 Å². The summed E-state index contributed by atoms with van der Waals surface area (Å²) in [7, 11) is 3.44. The van der Waals surface area contributed by atoms with Crippen molar-refractivity contribution in [1.29, 1.82) is 0 Å². The number of amides is 1. The molecule has 0 saturated carbocycles. The molecule has 3 nitrogen and oxygen atoms in total. The lowest BCUT2D eigenvalue weighted by molar-refractivity contribution is -0.127. The number of benzene rings is 1. The topological polar surface area (TPSA) is 33.2 Å². The minimum absolute atomic E-state index is 0.0232. The zero-order chi connectivity index (χ0) is 13.1. The molecule has 2 aromatic rings. The molecule has 94 valence electrons. The first-order valence-corrected chi connectivity index (χ1v) is 6.34. The van der Waals surface area contributed by atoms with Gasteiger partial charge >= 0.3 is 0 Å². The lowest BCUT2D eigenvalue weighted by Gasteiger charge is -2.07. The lowest BCUT2D eigenvalue weighted by atomic mass is 10.2. The Morgan fingerprint density at radius 3 is 2.61 bits per heavy atom. The molecule has 0 aliphatic heterocycles. The molecule has 0 fully saturated rings. The van der Waals surface area contributed by atoms with Gasteiger partial charge < -0.3 is 4.90 Å². The van der Waals surface area contributed by atoms with E-state index >= 15 is 0 Å². The Hall–Kier alpha value is -1.75. The average molecular weight is 264 g/mol. The molecular formula is C13H13FN2OS. The van der Waals surface area contributed by atoms with Crippen LogP contribution in [-0.2, 0) is 11.2 Å². The summed E-state index contributed by atoms with van der Waals surface area (Å²) in [6.45, 7) is 0. The molecule has 1 heterocycles. The van der Waals surface area contributed by atoms with Crippen molar-refractivity contribution in [3.05, 3.63) is 40.5 Å². The summed E-state index contributed by atoms with van der Waals surface area (Å²) in [6.07, 6.45) is 0.304. The molecule has 1 amide bonds. The van der Waals surface area contributed by atoms with Crippen molar-refractivity contribution >= 4 is 17.2 Å². The van der Waals surface area contributed by atoms with E-state index in [2.05, 4.69) is 4.98 Å². The van der Waals surface area contributed by atoms with Crippen molar-refractivity contribution in [3.8, 4) is 11.3 Å². The third kappa shape index (κ3) is 2.92. The number of hydrogen-bond acceptors (Lipinski definition) is 3. The number of carbonyl (C=O) groups excluding carboxylic acids is 1. The maximum absolute atomic E-state index is 12.8. The smallest absolute Gasteiger partial charge is 0.228 e. The number of rotatable bonds is 3. The molecule has 0 unspecified atom stereocenters. The van der Waals surface area contributed by atoms with Crippen LogP contribution in [0, 0.1) is 5.82 Å². The summed E-state index contributed by atoms with van der Waals surface area (Å²) in [5.41, 5.74) is 1.64. The van der Waals surface area contributed by atoms with Gasteiger partial charge in [-0.25, -0.2) is 9.37 Å². The number of aromatic nitrogens is 1.